The maximum atomic E-state index is 13.1. The van der Waals surface area contributed by atoms with Crippen molar-refractivity contribution in [2.24, 2.45) is 20.5 Å². The lowest BCUT2D eigenvalue weighted by atomic mass is 10.0. The summed E-state index contributed by atoms with van der Waals surface area (Å²) in [5, 5.41) is 26.1. The lowest BCUT2D eigenvalue weighted by Crippen LogP contribution is -2.16. The third-order valence-corrected chi connectivity index (χ3v) is 16.4. The number of aromatic hydroxyl groups is 1. The molecule has 5 N–H and O–H groups in total. The van der Waals surface area contributed by atoms with Gasteiger partial charge in [0, 0.05) is 0 Å². The smallest absolute Gasteiger partial charge is 0.399 e. The SMILES string of the molecule is COS(=O)(=O)OCCS(=O)(=O)c1ccc(N=Nc2c(S(=O)(=O)OC)cc3cc(CS(=O)(=O)O)c(N=Nc4ccc(S(=O)(=O)CCCOS(=O)(=O)O)cc4S(=O)(=O)OC)c(N)c3c2O)cc1. The molecule has 0 spiro atoms. The fraction of sp³-hybridized carbons (Fsp3) is 0.290. The number of phenols is 1. The van der Waals surface area contributed by atoms with Crippen molar-refractivity contribution in [2.45, 2.75) is 31.8 Å². The molecule has 0 saturated carbocycles. The van der Waals surface area contributed by atoms with Gasteiger partial charge >= 0.3 is 20.8 Å². The van der Waals surface area contributed by atoms with Gasteiger partial charge in [-0.2, -0.15) is 47.2 Å². The highest BCUT2D eigenvalue weighted by molar-refractivity contribution is 7.92. The summed E-state index contributed by atoms with van der Waals surface area (Å²) in [5.41, 5.74) is 2.87. The average molecular weight is 1050 g/mol. The monoisotopic (exact) mass is 1050 g/mol. The Kier molecular flexibility index (Phi) is 16.3. The van der Waals surface area contributed by atoms with E-state index in [1.165, 1.54) is 0 Å². The van der Waals surface area contributed by atoms with Crippen molar-refractivity contribution in [1.29, 1.82) is 0 Å². The summed E-state index contributed by atoms with van der Waals surface area (Å²) in [4.78, 5) is -2.77. The van der Waals surface area contributed by atoms with E-state index in [4.69, 9.17) is 10.3 Å². The molecule has 358 valence electrons. The van der Waals surface area contributed by atoms with Gasteiger partial charge in [-0.25, -0.2) is 25.2 Å². The molecule has 34 heteroatoms. The molecule has 0 amide bonds. The van der Waals surface area contributed by atoms with Crippen LogP contribution in [0.1, 0.15) is 12.0 Å². The van der Waals surface area contributed by atoms with Crippen LogP contribution in [0.15, 0.2) is 94.6 Å². The maximum Gasteiger partial charge on any atom is 0.399 e. The van der Waals surface area contributed by atoms with E-state index < -0.39 is 162 Å². The molecule has 0 radical (unpaired) electrons. The molecule has 0 aliphatic heterocycles. The molecule has 0 bridgehead atoms. The van der Waals surface area contributed by atoms with Crippen LogP contribution in [-0.2, 0) is 97.5 Å². The Morgan fingerprint density at radius 2 is 1.17 bits per heavy atom. The standard InChI is InChI=1S/C31H35N5O22S7/c1-54-62(45,46)25-17-23(59(38,39)13-4-11-57-64(49,50)51)9-10-24(25)34-35-29-20(18-61(42,43)44)15-19-16-26(63(47,48)55-2)30(31(37)27(19)28(29)32)36-33-21-5-7-22(8-6-21)60(40,41)14-12-58-65(52,53)56-3/h5-10,15-17,37H,4,11-14,18,32H2,1-3H3,(H,42,43,44)(H,49,50,51). The van der Waals surface area contributed by atoms with E-state index in [0.29, 0.717) is 13.2 Å². The third-order valence-electron chi connectivity index (χ3n) is 8.33. The second kappa shape index (κ2) is 20.0. The number of nitrogens with zero attached hydrogens (tertiary/aromatic N) is 4. The van der Waals surface area contributed by atoms with Crippen molar-refractivity contribution in [3.05, 3.63) is 60.2 Å². The molecular formula is C31H35N5O22S7. The van der Waals surface area contributed by atoms with Crippen LogP contribution in [0.3, 0.4) is 0 Å². The Balaban J connectivity index is 1.87. The molecule has 0 unspecified atom stereocenters. The quantitative estimate of drug-likeness (QED) is 0.0289. The van der Waals surface area contributed by atoms with Crippen LogP contribution in [-0.4, -0.2) is 119 Å². The molecule has 0 fully saturated rings. The van der Waals surface area contributed by atoms with E-state index in [-0.39, 0.29) is 16.0 Å². The summed E-state index contributed by atoms with van der Waals surface area (Å²) in [5.74, 6) is -3.94. The fourth-order valence-electron chi connectivity index (χ4n) is 5.33. The van der Waals surface area contributed by atoms with Crippen molar-refractivity contribution < 1.29 is 94.1 Å². The largest absolute Gasteiger partial charge is 0.505 e. The molecule has 65 heavy (non-hydrogen) atoms. The van der Waals surface area contributed by atoms with Gasteiger partial charge in [0.05, 0.1) is 72.6 Å². The van der Waals surface area contributed by atoms with Gasteiger partial charge in [0.15, 0.2) is 25.4 Å². The van der Waals surface area contributed by atoms with Gasteiger partial charge in [0.25, 0.3) is 30.4 Å². The van der Waals surface area contributed by atoms with E-state index in [1.807, 2.05) is 0 Å². The van der Waals surface area contributed by atoms with Crippen molar-refractivity contribution in [1.82, 2.24) is 0 Å². The molecular weight excluding hydrogens is 1020 g/mol. The predicted octanol–water partition coefficient (Wildman–Crippen LogP) is 2.68. The molecule has 0 atom stereocenters. The Hall–Kier alpha value is -4.69. The number of nitrogens with two attached hydrogens (primary N) is 1. The summed E-state index contributed by atoms with van der Waals surface area (Å²) in [6.07, 6.45) is -0.479. The number of phenolic OH excluding ortho intramolecular Hbond substituents is 1. The summed E-state index contributed by atoms with van der Waals surface area (Å²) in [6, 6.07) is 8.32. The second-order valence-corrected chi connectivity index (χ2v) is 24.1. The summed E-state index contributed by atoms with van der Waals surface area (Å²) in [7, 11) is -30.2. The Bertz CT molecular complexity index is 3360. The first-order chi connectivity index (χ1) is 29.9. The predicted molar refractivity (Wildman–Crippen MR) is 223 cm³/mol. The molecule has 0 aliphatic rings. The first kappa shape index (κ1) is 52.9. The number of benzene rings is 4. The zero-order valence-corrected chi connectivity index (χ0v) is 39.0. The first-order valence-corrected chi connectivity index (χ1v) is 27.6. The van der Waals surface area contributed by atoms with E-state index in [1.54, 1.807) is 0 Å². The first-order valence-electron chi connectivity index (χ1n) is 17.1. The van der Waals surface area contributed by atoms with E-state index in [2.05, 4.69) is 41.4 Å². The Morgan fingerprint density at radius 3 is 1.74 bits per heavy atom. The summed E-state index contributed by atoms with van der Waals surface area (Å²) >= 11 is 0. The normalized spacial score (nSPS) is 13.6. The molecule has 0 saturated heterocycles. The highest BCUT2D eigenvalue weighted by atomic mass is 32.3. The Morgan fingerprint density at radius 1 is 0.600 bits per heavy atom. The van der Waals surface area contributed by atoms with Crippen LogP contribution in [0.2, 0.25) is 0 Å². The summed E-state index contributed by atoms with van der Waals surface area (Å²) < 4.78 is 212. The minimum atomic E-state index is -4.98. The van der Waals surface area contributed by atoms with E-state index in [9.17, 15) is 68.6 Å². The number of hydrogen-bond donors (Lipinski definition) is 4. The zero-order valence-electron chi connectivity index (χ0n) is 33.3. The van der Waals surface area contributed by atoms with Gasteiger partial charge in [-0.3, -0.25) is 21.7 Å². The number of nitrogen functional groups attached to an aromatic ring is 1. The zero-order chi connectivity index (χ0) is 49.0. The molecule has 0 aromatic heterocycles. The van der Waals surface area contributed by atoms with Gasteiger partial charge in [-0.05, 0) is 72.0 Å². The lowest BCUT2D eigenvalue weighted by molar-refractivity contribution is 0.255. The van der Waals surface area contributed by atoms with Crippen LogP contribution in [0.5, 0.6) is 5.75 Å². The number of fused-ring (bicyclic) bond motifs is 1. The van der Waals surface area contributed by atoms with Crippen LogP contribution < -0.4 is 5.73 Å². The van der Waals surface area contributed by atoms with Crippen LogP contribution in [0, 0.1) is 0 Å². The van der Waals surface area contributed by atoms with E-state index >= 15 is 0 Å². The van der Waals surface area contributed by atoms with E-state index in [0.717, 1.165) is 62.8 Å². The van der Waals surface area contributed by atoms with Crippen LogP contribution >= 0.6 is 0 Å². The minimum Gasteiger partial charge on any atom is -0.505 e. The van der Waals surface area contributed by atoms with Crippen molar-refractivity contribution in [3.63, 3.8) is 0 Å². The van der Waals surface area contributed by atoms with Gasteiger partial charge in [-0.15, -0.1) is 15.3 Å². The van der Waals surface area contributed by atoms with Gasteiger partial charge < -0.3 is 10.8 Å². The lowest BCUT2D eigenvalue weighted by Gasteiger charge is -2.15. The van der Waals surface area contributed by atoms with Crippen LogP contribution in [0.4, 0.5) is 28.4 Å². The van der Waals surface area contributed by atoms with Crippen molar-refractivity contribution in [3.8, 4) is 5.75 Å². The molecule has 4 aromatic rings. The highest BCUT2D eigenvalue weighted by Gasteiger charge is 2.29. The third kappa shape index (κ3) is 13.7. The number of hydrogen-bond acceptors (Lipinski definition) is 25. The van der Waals surface area contributed by atoms with Crippen molar-refractivity contribution in [2.75, 3.05) is 51.8 Å². The number of sulfone groups is 2. The number of rotatable bonds is 22. The molecule has 0 heterocycles. The summed E-state index contributed by atoms with van der Waals surface area (Å²) in [6.45, 7) is -1.55. The molecule has 4 aromatic carbocycles. The second-order valence-electron chi connectivity index (χ2n) is 12.6. The molecule has 0 aliphatic carbocycles. The highest BCUT2D eigenvalue weighted by Crippen LogP contribution is 2.48. The van der Waals surface area contributed by atoms with Crippen molar-refractivity contribution >= 4 is 110 Å². The number of azo groups is 2. The van der Waals surface area contributed by atoms with Crippen LogP contribution in [0.25, 0.3) is 10.8 Å². The van der Waals surface area contributed by atoms with Gasteiger partial charge in [0.2, 0.25) is 0 Å². The number of anilines is 1. The maximum absolute atomic E-state index is 13.1. The minimum absolute atomic E-state index is 0.139. The topological polar surface area (TPSA) is 421 Å². The molecule has 27 nitrogen and oxygen atoms in total. The Labute approximate surface area is 372 Å². The van der Waals surface area contributed by atoms with Gasteiger partial charge in [0.1, 0.15) is 32.6 Å². The fourth-order valence-corrected chi connectivity index (χ4v) is 10.9. The van der Waals surface area contributed by atoms with Gasteiger partial charge in [-0.1, -0.05) is 0 Å². The average Bonchev–Trinajstić information content (AvgIpc) is 3.20. The molecule has 4 rings (SSSR count).